The molecule has 0 aromatic carbocycles. The first kappa shape index (κ1) is 18.7. The van der Waals surface area contributed by atoms with Crippen LogP contribution >= 0.6 is 0 Å². The smallest absolute Gasteiger partial charge is 0.208 e. The van der Waals surface area contributed by atoms with E-state index < -0.39 is 5.82 Å². The van der Waals surface area contributed by atoms with Gasteiger partial charge in [0.05, 0.1) is 19.3 Å². The Morgan fingerprint density at radius 2 is 1.93 bits per heavy atom. The molecule has 2 saturated heterocycles. The molecule has 9 heteroatoms. The van der Waals surface area contributed by atoms with E-state index in [4.69, 9.17) is 4.74 Å². The van der Waals surface area contributed by atoms with Gasteiger partial charge in [-0.25, -0.2) is 9.97 Å². The zero-order chi connectivity index (χ0) is 20.0. The first-order valence-electron chi connectivity index (χ1n) is 10.5. The zero-order valence-electron chi connectivity index (χ0n) is 17.0. The normalized spacial score (nSPS) is 20.9. The Labute approximate surface area is 169 Å². The van der Waals surface area contributed by atoms with E-state index in [9.17, 15) is 0 Å². The van der Waals surface area contributed by atoms with Crippen molar-refractivity contribution in [3.63, 3.8) is 0 Å². The van der Waals surface area contributed by atoms with E-state index >= 15 is 4.39 Å². The van der Waals surface area contributed by atoms with Crippen molar-refractivity contribution in [3.8, 4) is 0 Å². The highest BCUT2D eigenvalue weighted by Crippen LogP contribution is 2.40. The molecule has 0 spiro atoms. The minimum Gasteiger partial charge on any atom is -0.378 e. The Kier molecular flexibility index (Phi) is 4.87. The molecule has 3 aliphatic rings. The molecule has 0 unspecified atom stereocenters. The molecular formula is C20H28FN7O. The van der Waals surface area contributed by atoms with Crippen LogP contribution in [0.2, 0.25) is 0 Å². The summed E-state index contributed by atoms with van der Waals surface area (Å²) >= 11 is 0. The van der Waals surface area contributed by atoms with Crippen LogP contribution in [-0.4, -0.2) is 70.5 Å². The van der Waals surface area contributed by atoms with E-state index in [-0.39, 0.29) is 11.7 Å². The minimum atomic E-state index is -0.411. The summed E-state index contributed by atoms with van der Waals surface area (Å²) in [5.74, 6) is 2.07. The fourth-order valence-electron chi connectivity index (χ4n) is 3.86. The molecular weight excluding hydrogens is 373 g/mol. The maximum atomic E-state index is 15.4. The van der Waals surface area contributed by atoms with Gasteiger partial charge in [-0.2, -0.15) is 9.49 Å². The summed E-state index contributed by atoms with van der Waals surface area (Å²) in [4.78, 5) is 13.5. The largest absolute Gasteiger partial charge is 0.378 e. The van der Waals surface area contributed by atoms with Gasteiger partial charge in [-0.05, 0) is 12.8 Å². The highest BCUT2D eigenvalue weighted by molar-refractivity contribution is 5.59. The number of ether oxygens (including phenoxy) is 1. The van der Waals surface area contributed by atoms with Crippen LogP contribution < -0.4 is 10.2 Å². The van der Waals surface area contributed by atoms with Crippen molar-refractivity contribution in [2.75, 3.05) is 49.6 Å². The fraction of sp³-hybridized carbons (Fsp3) is 0.650. The third-order valence-corrected chi connectivity index (χ3v) is 5.98. The average Bonchev–Trinajstić information content (AvgIpc) is 3.42. The van der Waals surface area contributed by atoms with Crippen molar-refractivity contribution in [3.05, 3.63) is 23.4 Å². The topological polar surface area (TPSA) is 82.2 Å². The van der Waals surface area contributed by atoms with Crippen LogP contribution in [0.5, 0.6) is 0 Å². The predicted octanol–water partition coefficient (Wildman–Crippen LogP) is 2.60. The molecule has 4 heterocycles. The highest BCUT2D eigenvalue weighted by atomic mass is 19.1. The molecule has 0 radical (unpaired) electrons. The van der Waals surface area contributed by atoms with Crippen molar-refractivity contribution >= 4 is 17.5 Å². The van der Waals surface area contributed by atoms with Crippen LogP contribution in [0.25, 0.3) is 0 Å². The second kappa shape index (κ2) is 7.53. The van der Waals surface area contributed by atoms with Gasteiger partial charge in [0, 0.05) is 49.8 Å². The predicted molar refractivity (Wildman–Crippen MR) is 108 cm³/mol. The molecule has 2 aromatic rings. The van der Waals surface area contributed by atoms with Gasteiger partial charge in [-0.15, -0.1) is 0 Å². The number of H-pyrrole nitrogens is 1. The van der Waals surface area contributed by atoms with Crippen LogP contribution in [0, 0.1) is 5.82 Å². The number of nitrogens with one attached hydrogen (secondary N) is 2. The van der Waals surface area contributed by atoms with E-state index in [0.717, 1.165) is 45.1 Å². The lowest BCUT2D eigenvalue weighted by Gasteiger charge is -2.43. The molecule has 8 nitrogen and oxygen atoms in total. The molecule has 2 N–H and O–H groups in total. The summed E-state index contributed by atoms with van der Waals surface area (Å²) in [5, 5.41) is 10.4. The number of piperazine rings is 1. The Bertz CT molecular complexity index is 870. The van der Waals surface area contributed by atoms with Gasteiger partial charge >= 0.3 is 0 Å². The van der Waals surface area contributed by atoms with Crippen molar-refractivity contribution in [2.24, 2.45) is 0 Å². The Balaban J connectivity index is 1.37. The van der Waals surface area contributed by atoms with Gasteiger partial charge in [0.15, 0.2) is 17.5 Å². The Hall–Kier alpha value is -2.26. The monoisotopic (exact) mass is 401 g/mol. The van der Waals surface area contributed by atoms with Gasteiger partial charge in [-0.1, -0.05) is 13.8 Å². The number of aromatic amines is 1. The Morgan fingerprint density at radius 3 is 2.55 bits per heavy atom. The Morgan fingerprint density at radius 1 is 1.17 bits per heavy atom. The van der Waals surface area contributed by atoms with Gasteiger partial charge in [-0.3, -0.25) is 10.00 Å². The SMILES string of the molecule is CC(C)c1nc(Nc2cc(C3CC3)[nH]n2)c(F)c(N2CCN(C3COC3)CC2)n1. The summed E-state index contributed by atoms with van der Waals surface area (Å²) < 4.78 is 20.7. The molecule has 5 rings (SSSR count). The summed E-state index contributed by atoms with van der Waals surface area (Å²) in [7, 11) is 0. The summed E-state index contributed by atoms with van der Waals surface area (Å²) in [6, 6.07) is 2.46. The molecule has 156 valence electrons. The molecule has 2 aromatic heterocycles. The standard InChI is InChI=1S/C20H28FN7O/c1-12(2)18-23-19(22-16-9-15(25-26-16)13-3-4-13)17(21)20(24-18)28-7-5-27(6-8-28)14-10-29-11-14/h9,12-14H,3-8,10-11H2,1-2H3,(H2,22,23,24,25,26). The minimum absolute atomic E-state index is 0.101. The second-order valence-electron chi connectivity index (χ2n) is 8.54. The fourth-order valence-corrected chi connectivity index (χ4v) is 3.86. The third-order valence-electron chi connectivity index (χ3n) is 5.98. The molecule has 1 aliphatic carbocycles. The van der Waals surface area contributed by atoms with Crippen LogP contribution in [0.15, 0.2) is 6.07 Å². The van der Waals surface area contributed by atoms with Gasteiger partial charge in [0.25, 0.3) is 0 Å². The lowest BCUT2D eigenvalue weighted by atomic mass is 10.1. The highest BCUT2D eigenvalue weighted by Gasteiger charge is 2.31. The first-order chi connectivity index (χ1) is 14.1. The number of halogens is 1. The lowest BCUT2D eigenvalue weighted by molar-refractivity contribution is -0.0661. The number of rotatable bonds is 6. The second-order valence-corrected chi connectivity index (χ2v) is 8.54. The van der Waals surface area contributed by atoms with Crippen LogP contribution in [-0.2, 0) is 4.74 Å². The number of hydrogen-bond donors (Lipinski definition) is 2. The summed E-state index contributed by atoms with van der Waals surface area (Å²) in [6.07, 6.45) is 2.37. The van der Waals surface area contributed by atoms with Crippen LogP contribution in [0.3, 0.4) is 0 Å². The van der Waals surface area contributed by atoms with E-state index in [1.807, 2.05) is 24.8 Å². The maximum absolute atomic E-state index is 15.4. The average molecular weight is 401 g/mol. The van der Waals surface area contributed by atoms with Gasteiger partial charge in [0.1, 0.15) is 5.82 Å². The van der Waals surface area contributed by atoms with Crippen LogP contribution in [0.4, 0.5) is 21.8 Å². The van der Waals surface area contributed by atoms with E-state index in [1.165, 1.54) is 12.8 Å². The lowest BCUT2D eigenvalue weighted by Crippen LogP contribution is -2.56. The van der Waals surface area contributed by atoms with Gasteiger partial charge < -0.3 is 15.0 Å². The molecule has 0 atom stereocenters. The third kappa shape index (κ3) is 3.81. The van der Waals surface area contributed by atoms with Crippen molar-refractivity contribution in [2.45, 2.75) is 44.6 Å². The molecule has 2 aliphatic heterocycles. The quantitative estimate of drug-likeness (QED) is 0.770. The van der Waals surface area contributed by atoms with E-state index in [0.29, 0.717) is 29.4 Å². The van der Waals surface area contributed by atoms with Crippen LogP contribution in [0.1, 0.15) is 50.0 Å². The maximum Gasteiger partial charge on any atom is 0.208 e. The first-order valence-corrected chi connectivity index (χ1v) is 10.5. The van der Waals surface area contributed by atoms with E-state index in [1.54, 1.807) is 0 Å². The number of hydrogen-bond acceptors (Lipinski definition) is 7. The van der Waals surface area contributed by atoms with Crippen molar-refractivity contribution in [1.82, 2.24) is 25.1 Å². The van der Waals surface area contributed by atoms with E-state index in [2.05, 4.69) is 30.4 Å². The molecule has 0 amide bonds. The molecule has 0 bridgehead atoms. The molecule has 1 saturated carbocycles. The summed E-state index contributed by atoms with van der Waals surface area (Å²) in [5.41, 5.74) is 1.10. The van der Waals surface area contributed by atoms with Crippen molar-refractivity contribution < 1.29 is 9.13 Å². The number of nitrogens with zero attached hydrogens (tertiary/aromatic N) is 5. The van der Waals surface area contributed by atoms with Gasteiger partial charge in [0.2, 0.25) is 5.82 Å². The number of aromatic nitrogens is 4. The van der Waals surface area contributed by atoms with Crippen molar-refractivity contribution in [1.29, 1.82) is 0 Å². The zero-order valence-corrected chi connectivity index (χ0v) is 17.0. The molecule has 29 heavy (non-hydrogen) atoms. The molecule has 3 fully saturated rings. The number of anilines is 3. The summed E-state index contributed by atoms with van der Waals surface area (Å²) in [6.45, 7) is 8.93.